The van der Waals surface area contributed by atoms with Crippen molar-refractivity contribution >= 4 is 17.5 Å². The topological polar surface area (TPSA) is 58.4 Å². The average molecular weight is 360 g/mol. The highest BCUT2D eigenvalue weighted by atomic mass is 35.5. The fraction of sp³-hybridized carbons (Fsp3) is 0.474. The number of aryl methyl sites for hydroxylation is 1. The van der Waals surface area contributed by atoms with E-state index >= 15 is 0 Å². The maximum absolute atomic E-state index is 12.5. The minimum absolute atomic E-state index is 0.195. The third-order valence-corrected chi connectivity index (χ3v) is 5.36. The van der Waals surface area contributed by atoms with Crippen molar-refractivity contribution in [2.75, 3.05) is 13.1 Å². The summed E-state index contributed by atoms with van der Waals surface area (Å²) in [5, 5.41) is 4.29. The Morgan fingerprint density at radius 1 is 1.24 bits per heavy atom. The molecule has 3 heterocycles. The largest absolute Gasteiger partial charge is 0.441 e. The molecule has 2 atom stereocenters. The molecule has 6 heteroatoms. The molecule has 1 aromatic heterocycles. The van der Waals surface area contributed by atoms with Gasteiger partial charge in [0, 0.05) is 48.6 Å². The fourth-order valence-corrected chi connectivity index (χ4v) is 3.84. The van der Waals surface area contributed by atoms with Crippen LogP contribution in [0.5, 0.6) is 0 Å². The Labute approximate surface area is 152 Å². The number of aromatic nitrogens is 1. The number of oxazole rings is 1. The predicted octanol–water partition coefficient (Wildman–Crippen LogP) is 3.28. The van der Waals surface area contributed by atoms with E-state index in [2.05, 4.69) is 10.3 Å². The normalized spacial score (nSPS) is 22.8. The molecule has 0 spiro atoms. The minimum Gasteiger partial charge on any atom is -0.441 e. The second-order valence-electron chi connectivity index (χ2n) is 6.89. The number of carbonyl (C=O) groups is 1. The number of fused-ring (bicyclic) bond motifs is 2. The molecule has 2 aliphatic rings. The van der Waals surface area contributed by atoms with Crippen molar-refractivity contribution in [3.05, 3.63) is 41.4 Å². The van der Waals surface area contributed by atoms with Crippen molar-refractivity contribution < 1.29 is 9.21 Å². The maximum Gasteiger partial charge on any atom is 0.223 e. The van der Waals surface area contributed by atoms with E-state index in [-0.39, 0.29) is 5.91 Å². The van der Waals surface area contributed by atoms with Crippen molar-refractivity contribution in [2.24, 2.45) is 0 Å². The van der Waals surface area contributed by atoms with E-state index in [0.29, 0.717) is 41.6 Å². The molecule has 4 rings (SSSR count). The molecule has 0 aliphatic carbocycles. The molecule has 0 radical (unpaired) electrons. The third kappa shape index (κ3) is 3.88. The van der Waals surface area contributed by atoms with E-state index in [9.17, 15) is 4.79 Å². The lowest BCUT2D eigenvalue weighted by molar-refractivity contribution is -0.131. The van der Waals surface area contributed by atoms with Crippen molar-refractivity contribution in [3.8, 4) is 11.3 Å². The Kier molecular flexibility index (Phi) is 4.77. The van der Waals surface area contributed by atoms with E-state index < -0.39 is 0 Å². The highest BCUT2D eigenvalue weighted by Crippen LogP contribution is 2.24. The second kappa shape index (κ2) is 7.18. The number of carbonyl (C=O) groups excluding carboxylic acids is 1. The number of benzene rings is 1. The molecule has 1 N–H and O–H groups in total. The van der Waals surface area contributed by atoms with Gasteiger partial charge in [-0.05, 0) is 43.5 Å². The van der Waals surface area contributed by atoms with Crippen LogP contribution in [-0.2, 0) is 11.2 Å². The van der Waals surface area contributed by atoms with Crippen LogP contribution in [0.1, 0.15) is 31.6 Å². The van der Waals surface area contributed by atoms with Crippen LogP contribution in [0.4, 0.5) is 0 Å². The van der Waals surface area contributed by atoms with Gasteiger partial charge in [-0.1, -0.05) is 11.6 Å². The monoisotopic (exact) mass is 359 g/mol. The molecule has 5 nitrogen and oxygen atoms in total. The quantitative estimate of drug-likeness (QED) is 0.910. The first-order chi connectivity index (χ1) is 12.2. The lowest BCUT2D eigenvalue weighted by Gasteiger charge is -2.24. The summed E-state index contributed by atoms with van der Waals surface area (Å²) in [6.07, 6.45) is 6.16. The second-order valence-corrected chi connectivity index (χ2v) is 7.33. The third-order valence-electron chi connectivity index (χ3n) is 5.11. The Balaban J connectivity index is 1.33. The molecule has 132 valence electrons. The van der Waals surface area contributed by atoms with E-state index in [0.717, 1.165) is 25.1 Å². The smallest absolute Gasteiger partial charge is 0.223 e. The van der Waals surface area contributed by atoms with Gasteiger partial charge in [0.25, 0.3) is 0 Å². The van der Waals surface area contributed by atoms with Crippen molar-refractivity contribution in [3.63, 3.8) is 0 Å². The number of rotatable bonds is 4. The van der Waals surface area contributed by atoms with Crippen LogP contribution in [0.2, 0.25) is 5.02 Å². The van der Waals surface area contributed by atoms with Crippen molar-refractivity contribution in [1.29, 1.82) is 0 Å². The molecular formula is C19H22ClN3O2. The standard InChI is InChI=1S/C19H22ClN3O2/c20-14-3-1-13(2-4-14)17-11-21-18(25-17)7-8-19(24)23-10-9-15-5-6-16(12-23)22-15/h1-4,11,15-16,22H,5-10,12H2. The minimum atomic E-state index is 0.195. The zero-order chi connectivity index (χ0) is 17.2. The molecular weight excluding hydrogens is 338 g/mol. The molecule has 2 aromatic rings. The SMILES string of the molecule is O=C(CCc1ncc(-c2ccc(Cl)cc2)o1)N1CCC2CCC(C1)N2. The van der Waals surface area contributed by atoms with Gasteiger partial charge in [0.2, 0.25) is 5.91 Å². The number of nitrogens with zero attached hydrogens (tertiary/aromatic N) is 2. The molecule has 25 heavy (non-hydrogen) atoms. The number of halogens is 1. The summed E-state index contributed by atoms with van der Waals surface area (Å²) in [4.78, 5) is 18.8. The Bertz CT molecular complexity index is 743. The molecule has 2 aliphatic heterocycles. The first-order valence-electron chi connectivity index (χ1n) is 8.92. The molecule has 2 bridgehead atoms. The Morgan fingerprint density at radius 2 is 2.04 bits per heavy atom. The van der Waals surface area contributed by atoms with Crippen LogP contribution in [-0.4, -0.2) is 41.0 Å². The molecule has 0 saturated carbocycles. The predicted molar refractivity (Wildman–Crippen MR) is 96.4 cm³/mol. The lowest BCUT2D eigenvalue weighted by Crippen LogP contribution is -2.39. The molecule has 2 fully saturated rings. The first kappa shape index (κ1) is 16.6. The van der Waals surface area contributed by atoms with Gasteiger partial charge in [0.15, 0.2) is 11.7 Å². The van der Waals surface area contributed by atoms with Gasteiger partial charge < -0.3 is 14.6 Å². The van der Waals surface area contributed by atoms with Crippen molar-refractivity contribution in [1.82, 2.24) is 15.2 Å². The summed E-state index contributed by atoms with van der Waals surface area (Å²) in [6, 6.07) is 8.51. The summed E-state index contributed by atoms with van der Waals surface area (Å²) < 4.78 is 5.78. The number of hydrogen-bond donors (Lipinski definition) is 1. The van der Waals surface area contributed by atoms with Crippen LogP contribution < -0.4 is 5.32 Å². The Morgan fingerprint density at radius 3 is 2.88 bits per heavy atom. The van der Waals surface area contributed by atoms with Crippen LogP contribution in [0.15, 0.2) is 34.9 Å². The average Bonchev–Trinajstić information content (AvgIpc) is 3.20. The van der Waals surface area contributed by atoms with Gasteiger partial charge in [-0.15, -0.1) is 0 Å². The van der Waals surface area contributed by atoms with Crippen LogP contribution in [0, 0.1) is 0 Å². The van der Waals surface area contributed by atoms with Gasteiger partial charge in [-0.2, -0.15) is 0 Å². The number of amides is 1. The van der Waals surface area contributed by atoms with Gasteiger partial charge in [-0.25, -0.2) is 4.98 Å². The highest BCUT2D eigenvalue weighted by Gasteiger charge is 2.30. The first-order valence-corrected chi connectivity index (χ1v) is 9.29. The number of likely N-dealkylation sites (tertiary alicyclic amines) is 1. The van der Waals surface area contributed by atoms with Gasteiger partial charge in [0.05, 0.1) is 6.20 Å². The van der Waals surface area contributed by atoms with Gasteiger partial charge >= 0.3 is 0 Å². The van der Waals surface area contributed by atoms with Crippen LogP contribution in [0.3, 0.4) is 0 Å². The summed E-state index contributed by atoms with van der Waals surface area (Å²) in [7, 11) is 0. The zero-order valence-electron chi connectivity index (χ0n) is 14.1. The maximum atomic E-state index is 12.5. The fourth-order valence-electron chi connectivity index (χ4n) is 3.71. The van der Waals surface area contributed by atoms with E-state index in [1.807, 2.05) is 29.2 Å². The molecule has 1 aromatic carbocycles. The number of hydrogen-bond acceptors (Lipinski definition) is 4. The van der Waals surface area contributed by atoms with E-state index in [1.165, 1.54) is 12.8 Å². The van der Waals surface area contributed by atoms with Gasteiger partial charge in [0.1, 0.15) is 0 Å². The molecule has 2 saturated heterocycles. The van der Waals surface area contributed by atoms with E-state index in [4.69, 9.17) is 16.0 Å². The summed E-state index contributed by atoms with van der Waals surface area (Å²) in [6.45, 7) is 1.69. The summed E-state index contributed by atoms with van der Waals surface area (Å²) in [5.41, 5.74) is 0.934. The highest BCUT2D eigenvalue weighted by molar-refractivity contribution is 6.30. The van der Waals surface area contributed by atoms with Gasteiger partial charge in [-0.3, -0.25) is 4.79 Å². The Hall–Kier alpha value is -1.85. The molecule has 1 amide bonds. The number of nitrogens with one attached hydrogen (secondary N) is 1. The van der Waals surface area contributed by atoms with Crippen molar-refractivity contribution in [2.45, 2.75) is 44.2 Å². The summed E-state index contributed by atoms with van der Waals surface area (Å²) >= 11 is 5.90. The lowest BCUT2D eigenvalue weighted by atomic mass is 10.1. The zero-order valence-corrected chi connectivity index (χ0v) is 14.8. The van der Waals surface area contributed by atoms with E-state index in [1.54, 1.807) is 6.20 Å². The summed E-state index contributed by atoms with van der Waals surface area (Å²) in [5.74, 6) is 1.50. The van der Waals surface area contributed by atoms with Crippen LogP contribution in [0.25, 0.3) is 11.3 Å². The molecule has 2 unspecified atom stereocenters. The van der Waals surface area contributed by atoms with Crippen LogP contribution >= 0.6 is 11.6 Å².